The number of fused-ring (bicyclic) bond motifs is 1. The number of para-hydroxylation sites is 1. The first-order valence-electron chi connectivity index (χ1n) is 6.64. The summed E-state index contributed by atoms with van der Waals surface area (Å²) in [5.41, 5.74) is -0.0383. The first-order chi connectivity index (χ1) is 11.0. The van der Waals surface area contributed by atoms with Gasteiger partial charge in [-0.25, -0.2) is 19.0 Å². The molecule has 0 fully saturated rings. The minimum absolute atomic E-state index is 0.0382. The summed E-state index contributed by atoms with van der Waals surface area (Å²) in [5, 5.41) is 19.3. The second-order valence-electron chi connectivity index (χ2n) is 4.84. The highest BCUT2D eigenvalue weighted by Crippen LogP contribution is 2.32. The highest BCUT2D eigenvalue weighted by atomic mass is 19.1. The number of hydrogen-bond donors (Lipinski definition) is 2. The van der Waals surface area contributed by atoms with Crippen molar-refractivity contribution in [3.8, 4) is 11.1 Å². The van der Waals surface area contributed by atoms with E-state index in [0.29, 0.717) is 5.39 Å². The summed E-state index contributed by atoms with van der Waals surface area (Å²) in [4.78, 5) is 27.4. The van der Waals surface area contributed by atoms with Crippen LogP contribution in [-0.2, 0) is 0 Å². The minimum atomic E-state index is -1.35. The molecule has 114 valence electrons. The molecule has 0 unspecified atom stereocenters. The predicted molar refractivity (Wildman–Crippen MR) is 81.1 cm³/mol. The van der Waals surface area contributed by atoms with Crippen molar-refractivity contribution >= 4 is 22.8 Å². The lowest BCUT2D eigenvalue weighted by atomic mass is 9.94. The molecule has 2 aromatic carbocycles. The molecule has 1 heterocycles. The number of rotatable bonds is 3. The Labute approximate surface area is 129 Å². The van der Waals surface area contributed by atoms with E-state index < -0.39 is 17.8 Å². The van der Waals surface area contributed by atoms with E-state index in [9.17, 15) is 24.2 Å². The number of carbonyl (C=O) groups is 2. The lowest BCUT2D eigenvalue weighted by Crippen LogP contribution is -2.10. The van der Waals surface area contributed by atoms with E-state index in [1.165, 1.54) is 12.1 Å². The maximum atomic E-state index is 13.1. The first kappa shape index (κ1) is 14.6. The molecular formula is C17H10FNO4. The second-order valence-corrected chi connectivity index (χ2v) is 4.84. The summed E-state index contributed by atoms with van der Waals surface area (Å²) in [7, 11) is 0. The number of aromatic carboxylic acids is 2. The fraction of sp³-hybridized carbons (Fsp3) is 0. The quantitative estimate of drug-likeness (QED) is 0.773. The monoisotopic (exact) mass is 311 g/mol. The summed E-state index contributed by atoms with van der Waals surface area (Å²) in [6.45, 7) is 0. The van der Waals surface area contributed by atoms with Crippen molar-refractivity contribution in [2.24, 2.45) is 0 Å². The van der Waals surface area contributed by atoms with Gasteiger partial charge in [0.1, 0.15) is 5.82 Å². The molecule has 6 heteroatoms. The standard InChI is InChI=1S/C17H10FNO4/c18-10-7-5-9(6-8-10)13-14(16(20)21)11-3-1-2-4-12(11)19-15(13)17(22)23/h1-8H,(H,20,21)(H,22,23). The van der Waals surface area contributed by atoms with Gasteiger partial charge in [-0.05, 0) is 23.8 Å². The third-order valence-corrected chi connectivity index (χ3v) is 3.44. The summed E-state index contributed by atoms with van der Waals surface area (Å²) < 4.78 is 13.1. The van der Waals surface area contributed by atoms with Crippen LogP contribution in [0.5, 0.6) is 0 Å². The van der Waals surface area contributed by atoms with Crippen LogP contribution in [0.3, 0.4) is 0 Å². The fourth-order valence-electron chi connectivity index (χ4n) is 2.49. The largest absolute Gasteiger partial charge is 0.478 e. The number of hydrogen-bond acceptors (Lipinski definition) is 3. The summed E-state index contributed by atoms with van der Waals surface area (Å²) >= 11 is 0. The molecule has 0 aliphatic heterocycles. The van der Waals surface area contributed by atoms with Crippen molar-refractivity contribution in [2.45, 2.75) is 0 Å². The van der Waals surface area contributed by atoms with Gasteiger partial charge in [-0.3, -0.25) is 0 Å². The molecule has 2 N–H and O–H groups in total. The Kier molecular flexibility index (Phi) is 3.50. The van der Waals surface area contributed by atoms with E-state index >= 15 is 0 Å². The van der Waals surface area contributed by atoms with Gasteiger partial charge in [0.2, 0.25) is 0 Å². The number of halogens is 1. The molecule has 0 aliphatic rings. The maximum Gasteiger partial charge on any atom is 0.355 e. The van der Waals surface area contributed by atoms with E-state index in [-0.39, 0.29) is 27.9 Å². The predicted octanol–water partition coefficient (Wildman–Crippen LogP) is 3.44. The van der Waals surface area contributed by atoms with Crippen LogP contribution in [-0.4, -0.2) is 27.1 Å². The van der Waals surface area contributed by atoms with Gasteiger partial charge in [-0.2, -0.15) is 0 Å². The van der Waals surface area contributed by atoms with Gasteiger partial charge in [0.05, 0.1) is 11.1 Å². The minimum Gasteiger partial charge on any atom is -0.478 e. The highest BCUT2D eigenvalue weighted by Gasteiger charge is 2.24. The number of pyridine rings is 1. The van der Waals surface area contributed by atoms with Crippen molar-refractivity contribution in [1.29, 1.82) is 0 Å². The van der Waals surface area contributed by atoms with Gasteiger partial charge >= 0.3 is 11.9 Å². The van der Waals surface area contributed by atoms with Gasteiger partial charge in [-0.1, -0.05) is 30.3 Å². The van der Waals surface area contributed by atoms with E-state index in [2.05, 4.69) is 4.98 Å². The van der Waals surface area contributed by atoms with Crippen LogP contribution in [0.4, 0.5) is 4.39 Å². The summed E-state index contributed by atoms with van der Waals surface area (Å²) in [6, 6.07) is 11.3. The normalized spacial score (nSPS) is 10.7. The fourth-order valence-corrected chi connectivity index (χ4v) is 2.49. The molecule has 0 aliphatic carbocycles. The summed E-state index contributed by atoms with van der Waals surface area (Å²) in [5.74, 6) is -3.13. The van der Waals surface area contributed by atoms with Gasteiger partial charge in [-0.15, -0.1) is 0 Å². The molecule has 3 rings (SSSR count). The Balaban J connectivity index is 2.48. The average Bonchev–Trinajstić information content (AvgIpc) is 2.53. The van der Waals surface area contributed by atoms with Crippen molar-refractivity contribution in [2.75, 3.05) is 0 Å². The zero-order valence-electron chi connectivity index (χ0n) is 11.7. The molecule has 0 saturated heterocycles. The molecule has 23 heavy (non-hydrogen) atoms. The highest BCUT2D eigenvalue weighted by molar-refractivity contribution is 6.12. The molecule has 1 aromatic heterocycles. The second kappa shape index (κ2) is 5.49. The van der Waals surface area contributed by atoms with Gasteiger partial charge in [0.15, 0.2) is 5.69 Å². The van der Waals surface area contributed by atoms with E-state index in [1.807, 2.05) is 0 Å². The van der Waals surface area contributed by atoms with Crippen LogP contribution >= 0.6 is 0 Å². The Morgan fingerprint density at radius 1 is 0.913 bits per heavy atom. The zero-order chi connectivity index (χ0) is 16.6. The van der Waals surface area contributed by atoms with Crippen LogP contribution in [0.15, 0.2) is 48.5 Å². The van der Waals surface area contributed by atoms with Crippen molar-refractivity contribution in [3.05, 3.63) is 65.6 Å². The smallest absolute Gasteiger partial charge is 0.355 e. The topological polar surface area (TPSA) is 87.5 Å². The number of carboxylic acids is 2. The molecule has 0 atom stereocenters. The van der Waals surface area contributed by atoms with Gasteiger partial charge in [0.25, 0.3) is 0 Å². The molecule has 5 nitrogen and oxygen atoms in total. The molecule has 0 bridgehead atoms. The molecule has 0 amide bonds. The maximum absolute atomic E-state index is 13.1. The van der Waals surface area contributed by atoms with E-state index in [4.69, 9.17) is 0 Å². The average molecular weight is 311 g/mol. The van der Waals surface area contributed by atoms with Crippen molar-refractivity contribution in [1.82, 2.24) is 4.98 Å². The van der Waals surface area contributed by atoms with E-state index in [0.717, 1.165) is 12.1 Å². The lowest BCUT2D eigenvalue weighted by Gasteiger charge is -2.13. The molecule has 0 spiro atoms. The number of aromatic nitrogens is 1. The zero-order valence-corrected chi connectivity index (χ0v) is 11.7. The third kappa shape index (κ3) is 2.50. The van der Waals surface area contributed by atoms with Crippen molar-refractivity contribution in [3.63, 3.8) is 0 Å². The lowest BCUT2D eigenvalue weighted by molar-refractivity contribution is 0.0691. The number of carboxylic acid groups (broad SMARTS) is 2. The van der Waals surface area contributed by atoms with E-state index in [1.54, 1.807) is 24.3 Å². The third-order valence-electron chi connectivity index (χ3n) is 3.44. The first-order valence-corrected chi connectivity index (χ1v) is 6.64. The van der Waals surface area contributed by atoms with Crippen LogP contribution in [0.25, 0.3) is 22.0 Å². The number of nitrogens with zero attached hydrogens (tertiary/aromatic N) is 1. The van der Waals surface area contributed by atoms with Crippen molar-refractivity contribution < 1.29 is 24.2 Å². The van der Waals surface area contributed by atoms with Crippen LogP contribution in [0.2, 0.25) is 0 Å². The van der Waals surface area contributed by atoms with Crippen LogP contribution in [0, 0.1) is 5.82 Å². The summed E-state index contributed by atoms with van der Waals surface area (Å²) in [6.07, 6.45) is 0. The Hall–Kier alpha value is -3.28. The van der Waals surface area contributed by atoms with Crippen LogP contribution in [0.1, 0.15) is 20.8 Å². The molecule has 3 aromatic rings. The SMILES string of the molecule is O=C(O)c1nc2ccccc2c(C(=O)O)c1-c1ccc(F)cc1. The number of benzene rings is 2. The Morgan fingerprint density at radius 2 is 1.57 bits per heavy atom. The van der Waals surface area contributed by atoms with Gasteiger partial charge in [0, 0.05) is 10.9 Å². The van der Waals surface area contributed by atoms with Gasteiger partial charge < -0.3 is 10.2 Å². The molecular weight excluding hydrogens is 301 g/mol. The molecule has 0 radical (unpaired) electrons. The Morgan fingerprint density at radius 3 is 2.17 bits per heavy atom. The molecule has 0 saturated carbocycles. The Bertz CT molecular complexity index is 935. The van der Waals surface area contributed by atoms with Crippen LogP contribution < -0.4 is 0 Å².